The molecule has 2 aromatic carbocycles. The predicted octanol–water partition coefficient (Wildman–Crippen LogP) is 2.66. The second-order valence-electron chi connectivity index (χ2n) is 7.40. The molecule has 1 saturated heterocycles. The van der Waals surface area contributed by atoms with Crippen LogP contribution in [0.2, 0.25) is 0 Å². The molecule has 2 heterocycles. The van der Waals surface area contributed by atoms with E-state index < -0.39 is 5.41 Å². The maximum Gasteiger partial charge on any atom is 0.227 e. The summed E-state index contributed by atoms with van der Waals surface area (Å²) in [6.07, 6.45) is 2.36. The zero-order valence-corrected chi connectivity index (χ0v) is 15.5. The van der Waals surface area contributed by atoms with E-state index in [9.17, 15) is 4.79 Å². The molecule has 0 spiro atoms. The second kappa shape index (κ2) is 7.71. The third-order valence-electron chi connectivity index (χ3n) is 5.75. The third kappa shape index (κ3) is 3.70. The fraction of sp³-hybridized carbons (Fsp3) is 0.409. The van der Waals surface area contributed by atoms with Crippen molar-refractivity contribution in [3.8, 4) is 16.9 Å². The summed E-state index contributed by atoms with van der Waals surface area (Å²) in [5, 5.41) is 3.06. The molecule has 0 aromatic heterocycles. The van der Waals surface area contributed by atoms with Crippen molar-refractivity contribution in [3.63, 3.8) is 0 Å². The number of amides is 1. The van der Waals surface area contributed by atoms with Crippen LogP contribution in [0, 0.1) is 5.41 Å². The number of carbonyl (C=O) groups is 1. The lowest BCUT2D eigenvalue weighted by Crippen LogP contribution is -2.48. The van der Waals surface area contributed by atoms with Gasteiger partial charge in [-0.2, -0.15) is 0 Å². The number of hydrogen-bond donors (Lipinski definition) is 2. The lowest BCUT2D eigenvalue weighted by atomic mass is 9.79. The van der Waals surface area contributed by atoms with Gasteiger partial charge in [0.25, 0.3) is 0 Å². The van der Waals surface area contributed by atoms with Gasteiger partial charge >= 0.3 is 0 Å². The number of carbonyl (C=O) groups excluding carboxylic acids is 1. The van der Waals surface area contributed by atoms with Crippen molar-refractivity contribution >= 4 is 5.91 Å². The molecule has 2 aromatic rings. The summed E-state index contributed by atoms with van der Waals surface area (Å²) >= 11 is 0. The van der Waals surface area contributed by atoms with Gasteiger partial charge in [-0.3, -0.25) is 4.79 Å². The summed E-state index contributed by atoms with van der Waals surface area (Å²) in [5.41, 5.74) is 10.1. The number of hydrogen-bond acceptors (Lipinski definition) is 4. The van der Waals surface area contributed by atoms with Crippen molar-refractivity contribution in [3.05, 3.63) is 53.6 Å². The highest BCUT2D eigenvalue weighted by atomic mass is 16.5. The average molecular weight is 366 g/mol. The first-order chi connectivity index (χ1) is 13.2. The van der Waals surface area contributed by atoms with E-state index in [1.165, 1.54) is 16.7 Å². The Bertz CT molecular complexity index is 811. The standard InChI is InChI=1S/C22H26N2O3/c23-15-22(8-11-26-12-9-22)21(25)24-14-16-1-3-17(4-2-16)18-5-6-20-19(13-18)7-10-27-20/h1-6,13H,7-12,14-15,23H2,(H,24,25). The SMILES string of the molecule is NCC1(C(=O)NCc2ccc(-c3ccc4c(c3)CCO4)cc2)CCOCC1. The van der Waals surface area contributed by atoms with Gasteiger partial charge in [0, 0.05) is 32.7 Å². The second-order valence-corrected chi connectivity index (χ2v) is 7.40. The van der Waals surface area contributed by atoms with Crippen molar-refractivity contribution in [2.24, 2.45) is 11.1 Å². The summed E-state index contributed by atoms with van der Waals surface area (Å²) in [7, 11) is 0. The molecule has 0 aliphatic carbocycles. The van der Waals surface area contributed by atoms with Gasteiger partial charge < -0.3 is 20.5 Å². The van der Waals surface area contributed by atoms with E-state index in [0.29, 0.717) is 39.1 Å². The Morgan fingerprint density at radius 3 is 2.52 bits per heavy atom. The Balaban J connectivity index is 1.40. The Hall–Kier alpha value is -2.37. The molecule has 1 amide bonds. The molecule has 27 heavy (non-hydrogen) atoms. The van der Waals surface area contributed by atoms with Gasteiger partial charge in [-0.15, -0.1) is 0 Å². The molecule has 0 atom stereocenters. The summed E-state index contributed by atoms with van der Waals surface area (Å²) in [5.74, 6) is 1.04. The fourth-order valence-electron chi connectivity index (χ4n) is 3.84. The molecule has 5 nitrogen and oxygen atoms in total. The van der Waals surface area contributed by atoms with Gasteiger partial charge in [0.2, 0.25) is 5.91 Å². The Morgan fingerprint density at radius 2 is 1.78 bits per heavy atom. The quantitative estimate of drug-likeness (QED) is 0.853. The summed E-state index contributed by atoms with van der Waals surface area (Å²) in [6.45, 7) is 2.85. The molecule has 0 radical (unpaired) electrons. The molecule has 3 N–H and O–H groups in total. The van der Waals surface area contributed by atoms with Crippen LogP contribution in [-0.4, -0.2) is 32.3 Å². The zero-order chi connectivity index (χ0) is 18.7. The van der Waals surface area contributed by atoms with Crippen LogP contribution in [0.4, 0.5) is 0 Å². The van der Waals surface area contributed by atoms with Gasteiger partial charge in [0.05, 0.1) is 12.0 Å². The highest BCUT2D eigenvalue weighted by molar-refractivity contribution is 5.83. The van der Waals surface area contributed by atoms with Crippen LogP contribution in [-0.2, 0) is 22.5 Å². The minimum absolute atomic E-state index is 0.0380. The van der Waals surface area contributed by atoms with E-state index in [-0.39, 0.29) is 5.91 Å². The van der Waals surface area contributed by atoms with Crippen LogP contribution >= 0.6 is 0 Å². The molecule has 0 unspecified atom stereocenters. The summed E-state index contributed by atoms with van der Waals surface area (Å²) < 4.78 is 11.0. The molecular formula is C22H26N2O3. The van der Waals surface area contributed by atoms with Crippen LogP contribution in [0.5, 0.6) is 5.75 Å². The van der Waals surface area contributed by atoms with E-state index in [4.69, 9.17) is 15.2 Å². The van der Waals surface area contributed by atoms with Gasteiger partial charge in [0.1, 0.15) is 5.75 Å². The fourth-order valence-corrected chi connectivity index (χ4v) is 3.84. The number of ether oxygens (including phenoxy) is 2. The van der Waals surface area contributed by atoms with Gasteiger partial charge in [0.15, 0.2) is 0 Å². The molecule has 2 aliphatic heterocycles. The Kier molecular flexibility index (Phi) is 5.14. The van der Waals surface area contributed by atoms with Crippen molar-refractivity contribution in [2.75, 3.05) is 26.4 Å². The van der Waals surface area contributed by atoms with E-state index in [0.717, 1.165) is 24.3 Å². The smallest absolute Gasteiger partial charge is 0.227 e. The largest absolute Gasteiger partial charge is 0.493 e. The number of nitrogens with two attached hydrogens (primary N) is 1. The van der Waals surface area contributed by atoms with Crippen molar-refractivity contribution < 1.29 is 14.3 Å². The van der Waals surface area contributed by atoms with E-state index in [1.54, 1.807) is 0 Å². The monoisotopic (exact) mass is 366 g/mol. The Morgan fingerprint density at radius 1 is 1.04 bits per heavy atom. The number of benzene rings is 2. The van der Waals surface area contributed by atoms with Gasteiger partial charge in [-0.1, -0.05) is 30.3 Å². The van der Waals surface area contributed by atoms with E-state index in [1.807, 2.05) is 6.07 Å². The van der Waals surface area contributed by atoms with Crippen molar-refractivity contribution in [1.82, 2.24) is 5.32 Å². The maximum atomic E-state index is 12.7. The first-order valence-electron chi connectivity index (χ1n) is 9.61. The summed E-state index contributed by atoms with van der Waals surface area (Å²) in [6, 6.07) is 14.7. The molecule has 0 bridgehead atoms. The molecule has 142 valence electrons. The number of rotatable bonds is 5. The van der Waals surface area contributed by atoms with Crippen LogP contribution in [0.3, 0.4) is 0 Å². The minimum atomic E-state index is -0.481. The van der Waals surface area contributed by atoms with Crippen LogP contribution in [0.1, 0.15) is 24.0 Å². The summed E-state index contributed by atoms with van der Waals surface area (Å²) in [4.78, 5) is 12.7. The lowest BCUT2D eigenvalue weighted by molar-refractivity contribution is -0.136. The first-order valence-corrected chi connectivity index (χ1v) is 9.61. The molecule has 4 rings (SSSR count). The molecule has 5 heteroatoms. The third-order valence-corrected chi connectivity index (χ3v) is 5.75. The Labute approximate surface area is 159 Å². The minimum Gasteiger partial charge on any atom is -0.493 e. The normalized spacial score (nSPS) is 17.8. The number of fused-ring (bicyclic) bond motifs is 1. The molecule has 2 aliphatic rings. The zero-order valence-electron chi connectivity index (χ0n) is 15.5. The maximum absolute atomic E-state index is 12.7. The topological polar surface area (TPSA) is 73.6 Å². The van der Waals surface area contributed by atoms with Crippen LogP contribution in [0.15, 0.2) is 42.5 Å². The van der Waals surface area contributed by atoms with Gasteiger partial charge in [-0.25, -0.2) is 0 Å². The molecule has 0 saturated carbocycles. The highest BCUT2D eigenvalue weighted by Gasteiger charge is 2.38. The molecule has 1 fully saturated rings. The predicted molar refractivity (Wildman–Crippen MR) is 104 cm³/mol. The van der Waals surface area contributed by atoms with Crippen LogP contribution < -0.4 is 15.8 Å². The lowest BCUT2D eigenvalue weighted by Gasteiger charge is -2.34. The molecular weight excluding hydrogens is 340 g/mol. The van der Waals surface area contributed by atoms with E-state index in [2.05, 4.69) is 41.7 Å². The van der Waals surface area contributed by atoms with Crippen molar-refractivity contribution in [2.45, 2.75) is 25.8 Å². The highest BCUT2D eigenvalue weighted by Crippen LogP contribution is 2.31. The van der Waals surface area contributed by atoms with Gasteiger partial charge in [-0.05, 0) is 47.2 Å². The van der Waals surface area contributed by atoms with E-state index >= 15 is 0 Å². The van der Waals surface area contributed by atoms with Crippen LogP contribution in [0.25, 0.3) is 11.1 Å². The van der Waals surface area contributed by atoms with Crippen molar-refractivity contribution in [1.29, 1.82) is 0 Å². The number of nitrogens with one attached hydrogen (secondary N) is 1. The first kappa shape index (κ1) is 18.0. The average Bonchev–Trinajstić information content (AvgIpc) is 3.20.